The van der Waals surface area contributed by atoms with Crippen LogP contribution >= 0.6 is 28.5 Å². The van der Waals surface area contributed by atoms with Gasteiger partial charge in [-0.25, -0.2) is 0 Å². The van der Waals surface area contributed by atoms with Crippen molar-refractivity contribution in [2.24, 2.45) is 0 Å². The van der Waals surface area contributed by atoms with Crippen molar-refractivity contribution in [2.75, 3.05) is 0 Å². The molecule has 6 aromatic carbocycles. The van der Waals surface area contributed by atoms with Crippen molar-refractivity contribution in [3.05, 3.63) is 153 Å². The summed E-state index contributed by atoms with van der Waals surface area (Å²) in [7, 11) is -3.77. The third-order valence-electron chi connectivity index (χ3n) is 14.5. The molecule has 420 valence electrons. The molecule has 0 atom stereocenters. The first kappa shape index (κ1) is 61.2. The Bertz CT molecular complexity index is 2690. The summed E-state index contributed by atoms with van der Waals surface area (Å²) in [6.07, 6.45) is 0. The minimum atomic E-state index is -1.89. The lowest BCUT2D eigenvalue weighted by molar-refractivity contribution is 0.451. The third kappa shape index (κ3) is 14.7. The van der Waals surface area contributed by atoms with Crippen LogP contribution in [0.4, 0.5) is 0 Å². The lowest BCUT2D eigenvalue weighted by Crippen LogP contribution is -2.21. The molecule has 78 heavy (non-hydrogen) atoms. The molecule has 0 radical (unpaired) electrons. The highest BCUT2D eigenvalue weighted by Gasteiger charge is 2.37. The molecule has 7 rings (SSSR count). The lowest BCUT2D eigenvalue weighted by Gasteiger charge is -2.31. The molecular formula is C70H94O5P2S. The van der Waals surface area contributed by atoms with Gasteiger partial charge in [0.05, 0.1) is 20.4 Å². The van der Waals surface area contributed by atoms with Crippen molar-refractivity contribution >= 4 is 39.1 Å². The summed E-state index contributed by atoms with van der Waals surface area (Å²) in [6, 6.07) is 35.8. The minimum absolute atomic E-state index is 0.126. The topological polar surface area (TPSA) is 46.2 Å². The van der Waals surface area contributed by atoms with Gasteiger partial charge < -0.3 is 22.8 Å². The van der Waals surface area contributed by atoms with Crippen molar-refractivity contribution in [3.63, 3.8) is 0 Å². The summed E-state index contributed by atoms with van der Waals surface area (Å²) in [5, 5.41) is 1.71. The Morgan fingerprint density at radius 2 is 0.474 bits per heavy atom. The zero-order chi connectivity index (χ0) is 58.3. The van der Waals surface area contributed by atoms with Gasteiger partial charge >= 0.3 is 16.8 Å². The fraction of sp³-hybridized carbons (Fsp3) is 0.486. The second-order valence-corrected chi connectivity index (χ2v) is 34.1. The molecular weight excluding hydrogens is 1010 g/mol. The Balaban J connectivity index is 1.47. The summed E-state index contributed by atoms with van der Waals surface area (Å²) in [4.78, 5) is 2.00. The van der Waals surface area contributed by atoms with Gasteiger partial charge in [0.25, 0.3) is 0 Å². The number of hydrogen-bond acceptors (Lipinski definition) is 6. The van der Waals surface area contributed by atoms with Gasteiger partial charge in [-0.1, -0.05) is 202 Å². The molecule has 0 unspecified atom stereocenters. The van der Waals surface area contributed by atoms with Gasteiger partial charge in [0.15, 0.2) is 11.5 Å². The van der Waals surface area contributed by atoms with Crippen molar-refractivity contribution in [2.45, 2.75) is 233 Å². The van der Waals surface area contributed by atoms with Gasteiger partial charge in [0, 0.05) is 0 Å². The van der Waals surface area contributed by atoms with Crippen molar-refractivity contribution in [1.29, 1.82) is 0 Å². The molecule has 0 fully saturated rings. The van der Waals surface area contributed by atoms with Crippen LogP contribution in [0.25, 0.3) is 0 Å². The number of aryl methyl sites for hydroxylation is 2. The van der Waals surface area contributed by atoms with Crippen LogP contribution in [0.2, 0.25) is 0 Å². The summed E-state index contributed by atoms with van der Waals surface area (Å²) >= 11 is 1.72. The van der Waals surface area contributed by atoms with Crippen LogP contribution in [0.5, 0.6) is 34.5 Å². The molecule has 5 nitrogen and oxygen atoms in total. The Morgan fingerprint density at radius 3 is 0.654 bits per heavy atom. The van der Waals surface area contributed by atoms with Gasteiger partial charge in [0.2, 0.25) is 0 Å². The van der Waals surface area contributed by atoms with Gasteiger partial charge in [0.1, 0.15) is 23.0 Å². The number of fused-ring (bicyclic) bond motifs is 2. The normalized spacial score (nSPS) is 13.8. The van der Waals surface area contributed by atoms with E-state index in [1.807, 2.05) is 0 Å². The SMILES string of the molecule is Cc1cc2c(c(P(Oc3cc(C(C)(C)C)cc(C(C)(C)C)c3)Oc3cc(C(C)(C)C)cc(C(C)(C)C)c3)c1)Oc1c(cc(C)cc1P(Oc1cc(C(C)(C)C)cc(C(C)(C)C)c1)Oc1cc(C(C)(C)C)cc(C(C)(C)C)c1)S2. The standard InChI is InChI=1S/C70H94O5P2S/c1-43-27-57(76(72-53-35-45(63(3,4)5)31-46(36-53)64(6,7)8)73-54-37-47(65(9,10)11)32-48(38-54)66(12,13)14)61-59(29-43)78-60-30-44(2)28-58(62(60)71-61)77(74-55-39-49(67(15,16)17)33-50(40-55)68(18,19)20)75-56-41-51(69(21,22)23)34-52(42-56)70(24,25)26/h27-42H,1-26H3. The fourth-order valence-corrected chi connectivity index (χ4v) is 13.3. The highest BCUT2D eigenvalue weighted by molar-refractivity contribution is 7.99. The molecule has 1 aliphatic rings. The van der Waals surface area contributed by atoms with Gasteiger partial charge in [-0.15, -0.1) is 0 Å². The van der Waals surface area contributed by atoms with E-state index >= 15 is 0 Å². The van der Waals surface area contributed by atoms with Crippen molar-refractivity contribution in [3.8, 4) is 34.5 Å². The van der Waals surface area contributed by atoms with Gasteiger partial charge in [-0.2, -0.15) is 0 Å². The smallest absolute Gasteiger partial charge is 0.330 e. The molecule has 1 aliphatic heterocycles. The maximum absolute atomic E-state index is 7.58. The van der Waals surface area contributed by atoms with E-state index in [4.69, 9.17) is 22.8 Å². The molecule has 0 amide bonds. The van der Waals surface area contributed by atoms with Crippen LogP contribution in [0.3, 0.4) is 0 Å². The minimum Gasteiger partial charge on any atom is -0.453 e. The zero-order valence-electron chi connectivity index (χ0n) is 52.6. The maximum Gasteiger partial charge on any atom is 0.330 e. The van der Waals surface area contributed by atoms with Gasteiger partial charge in [-0.05, 0) is 186 Å². The first-order valence-corrected chi connectivity index (χ1v) is 31.2. The summed E-state index contributed by atoms with van der Waals surface area (Å²) < 4.78 is 37.4. The van der Waals surface area contributed by atoms with E-state index in [-0.39, 0.29) is 43.3 Å². The second-order valence-electron chi connectivity index (χ2n) is 30.3. The molecule has 0 saturated carbocycles. The van der Waals surface area contributed by atoms with Crippen LogP contribution in [0, 0.1) is 13.8 Å². The summed E-state index contributed by atoms with van der Waals surface area (Å²) in [6.45, 7) is 58.7. The summed E-state index contributed by atoms with van der Waals surface area (Å²) in [5.41, 5.74) is 10.8. The lowest BCUT2D eigenvalue weighted by atomic mass is 9.80. The van der Waals surface area contributed by atoms with E-state index < -0.39 is 16.8 Å². The highest BCUT2D eigenvalue weighted by Crippen LogP contribution is 2.56. The number of ether oxygens (including phenoxy) is 1. The molecule has 1 heterocycles. The largest absolute Gasteiger partial charge is 0.453 e. The van der Waals surface area contributed by atoms with Crippen LogP contribution in [0.15, 0.2) is 107 Å². The van der Waals surface area contributed by atoms with Gasteiger partial charge in [-0.3, -0.25) is 0 Å². The molecule has 8 heteroatoms. The molecule has 0 saturated heterocycles. The number of hydrogen-bond donors (Lipinski definition) is 0. The number of benzene rings is 6. The van der Waals surface area contributed by atoms with Crippen LogP contribution in [-0.4, -0.2) is 0 Å². The first-order valence-electron chi connectivity index (χ1n) is 28.0. The van der Waals surface area contributed by atoms with Crippen LogP contribution in [-0.2, 0) is 43.3 Å². The molecule has 0 aliphatic carbocycles. The fourth-order valence-electron chi connectivity index (χ4n) is 8.98. The Labute approximate surface area is 479 Å². The van der Waals surface area contributed by atoms with Crippen molar-refractivity contribution in [1.82, 2.24) is 0 Å². The third-order valence-corrected chi connectivity index (χ3v) is 18.5. The predicted molar refractivity (Wildman–Crippen MR) is 338 cm³/mol. The van der Waals surface area contributed by atoms with E-state index in [1.165, 1.54) is 44.5 Å². The average molecular weight is 1110 g/mol. The quantitative estimate of drug-likeness (QED) is 0.127. The Hall–Kier alpha value is -4.47. The van der Waals surface area contributed by atoms with E-state index in [0.29, 0.717) is 11.5 Å². The zero-order valence-corrected chi connectivity index (χ0v) is 55.2. The molecule has 6 aromatic rings. The van der Waals surface area contributed by atoms with E-state index in [0.717, 1.165) is 54.5 Å². The Morgan fingerprint density at radius 1 is 0.282 bits per heavy atom. The molecule has 0 N–H and O–H groups in total. The molecule has 0 aromatic heterocycles. The maximum atomic E-state index is 7.58. The van der Waals surface area contributed by atoms with Crippen LogP contribution in [0.1, 0.15) is 222 Å². The van der Waals surface area contributed by atoms with Crippen molar-refractivity contribution < 1.29 is 22.8 Å². The van der Waals surface area contributed by atoms with E-state index in [9.17, 15) is 0 Å². The highest BCUT2D eigenvalue weighted by atomic mass is 32.2. The predicted octanol–water partition coefficient (Wildman–Crippen LogP) is 21.1. The first-order chi connectivity index (χ1) is 35.4. The second kappa shape index (κ2) is 21.5. The number of rotatable bonds is 10. The van der Waals surface area contributed by atoms with E-state index in [1.54, 1.807) is 11.8 Å². The summed E-state index contributed by atoms with van der Waals surface area (Å²) in [5.74, 6) is 4.49. The Kier molecular flexibility index (Phi) is 16.8. The van der Waals surface area contributed by atoms with Crippen LogP contribution < -0.4 is 33.4 Å². The average Bonchev–Trinajstić information content (AvgIpc) is 3.29. The molecule has 0 spiro atoms. The monoisotopic (exact) mass is 1110 g/mol. The molecule has 0 bridgehead atoms. The van der Waals surface area contributed by atoms with E-state index in [2.05, 4.69) is 277 Å².